The molecule has 0 radical (unpaired) electrons. The Hall–Kier alpha value is -5.86. The van der Waals surface area contributed by atoms with E-state index in [2.05, 4.69) is 40.8 Å². The van der Waals surface area contributed by atoms with Crippen LogP contribution in [0.3, 0.4) is 0 Å². The van der Waals surface area contributed by atoms with Crippen LogP contribution < -0.4 is 0 Å². The molecule has 49 heavy (non-hydrogen) atoms. The highest BCUT2D eigenvalue weighted by atomic mass is 19.1. The highest BCUT2D eigenvalue weighted by Gasteiger charge is 2.21. The molecule has 11 nitrogen and oxygen atoms in total. The number of ketones is 1. The Bertz CT molecular complexity index is 2330. The molecule has 0 bridgehead atoms. The first-order valence-electron chi connectivity index (χ1n) is 15.3. The molecule has 250 valence electrons. The third kappa shape index (κ3) is 6.64. The number of aromatic nitrogens is 10. The van der Waals surface area contributed by atoms with Crippen LogP contribution in [0.15, 0.2) is 60.7 Å². The molecule has 0 fully saturated rings. The van der Waals surface area contributed by atoms with Crippen LogP contribution in [0.2, 0.25) is 0 Å². The number of nitrogens with one attached hydrogen (secondary N) is 1. The minimum absolute atomic E-state index is 0.0891. The van der Waals surface area contributed by atoms with E-state index in [0.717, 1.165) is 29.7 Å². The maximum atomic E-state index is 14.3. The fourth-order valence-electron chi connectivity index (χ4n) is 5.19. The first-order chi connectivity index (χ1) is 23.4. The van der Waals surface area contributed by atoms with Crippen molar-refractivity contribution in [1.29, 1.82) is 0 Å². The molecule has 15 heteroatoms. The van der Waals surface area contributed by atoms with E-state index in [4.69, 9.17) is 0 Å². The van der Waals surface area contributed by atoms with Gasteiger partial charge in [0.15, 0.2) is 28.7 Å². The van der Waals surface area contributed by atoms with Gasteiger partial charge in [-0.05, 0) is 55.5 Å². The summed E-state index contributed by atoms with van der Waals surface area (Å²) in [5.74, 6) is -1.68. The summed E-state index contributed by atoms with van der Waals surface area (Å²) < 4.78 is 57.4. The van der Waals surface area contributed by atoms with Crippen LogP contribution in [-0.2, 0) is 6.42 Å². The second-order valence-electron chi connectivity index (χ2n) is 11.9. The number of hydrogen-bond acceptors (Lipinski definition) is 8. The van der Waals surface area contributed by atoms with Crippen LogP contribution in [0.1, 0.15) is 72.9 Å². The van der Waals surface area contributed by atoms with Gasteiger partial charge in [-0.1, -0.05) is 27.7 Å². The SMILES string of the molecule is CC(C)c1nnc2ccc(CC(=O)c3ccc(F)cc3F)nn12.Cc1[nH]nc(-c2ccc(F)cc2F)c1-c1ccc2nnc(C(C)C)n2n1. The summed E-state index contributed by atoms with van der Waals surface area (Å²) in [7, 11) is 0. The molecule has 0 unspecified atom stereocenters. The summed E-state index contributed by atoms with van der Waals surface area (Å²) >= 11 is 0. The van der Waals surface area contributed by atoms with Crippen molar-refractivity contribution in [3.05, 3.63) is 113 Å². The van der Waals surface area contributed by atoms with Crippen molar-refractivity contribution in [3.63, 3.8) is 0 Å². The summed E-state index contributed by atoms with van der Waals surface area (Å²) in [5.41, 5.74) is 4.10. The fourth-order valence-corrected chi connectivity index (χ4v) is 5.19. The third-order valence-electron chi connectivity index (χ3n) is 7.62. The van der Waals surface area contributed by atoms with Gasteiger partial charge in [0, 0.05) is 35.2 Å². The maximum Gasteiger partial charge on any atom is 0.177 e. The maximum absolute atomic E-state index is 14.3. The Morgan fingerprint density at radius 2 is 1.33 bits per heavy atom. The Morgan fingerprint density at radius 1 is 0.735 bits per heavy atom. The van der Waals surface area contributed by atoms with Crippen molar-refractivity contribution in [2.75, 3.05) is 0 Å². The Labute approximate surface area is 277 Å². The van der Waals surface area contributed by atoms with E-state index in [1.807, 2.05) is 34.6 Å². The van der Waals surface area contributed by atoms with Gasteiger partial charge in [-0.2, -0.15) is 24.3 Å². The van der Waals surface area contributed by atoms with Crippen LogP contribution in [0.25, 0.3) is 33.8 Å². The van der Waals surface area contributed by atoms with E-state index < -0.39 is 29.1 Å². The zero-order chi connectivity index (χ0) is 35.0. The van der Waals surface area contributed by atoms with Gasteiger partial charge in [-0.15, -0.1) is 20.4 Å². The first kappa shape index (κ1) is 33.1. The molecule has 0 aliphatic rings. The van der Waals surface area contributed by atoms with Gasteiger partial charge in [0.05, 0.1) is 28.9 Å². The standard InChI is InChI=1S/C18H16F2N6.C16H14F2N4O/c1-9(2)18-24-22-15-7-6-14(25-26(15)18)16-10(3)21-23-17(16)12-5-4-11(19)8-13(12)20;1-9(2)16-20-19-15-6-4-11(21-22(15)16)8-14(23)12-5-3-10(17)7-13(12)18/h4-9H,1-3H3,(H,21,23);3-7,9H,8H2,1-2H3. The van der Waals surface area contributed by atoms with Crippen molar-refractivity contribution in [2.45, 2.75) is 52.9 Å². The number of H-pyrrole nitrogens is 1. The number of carbonyl (C=O) groups is 1. The quantitative estimate of drug-likeness (QED) is 0.144. The molecule has 0 saturated carbocycles. The number of halogens is 4. The minimum atomic E-state index is -0.872. The van der Waals surface area contributed by atoms with E-state index >= 15 is 0 Å². The molecule has 0 atom stereocenters. The van der Waals surface area contributed by atoms with Gasteiger partial charge >= 0.3 is 0 Å². The lowest BCUT2D eigenvalue weighted by atomic mass is 10.0. The van der Waals surface area contributed by atoms with Crippen LogP contribution in [0, 0.1) is 30.2 Å². The van der Waals surface area contributed by atoms with Crippen LogP contribution in [0.4, 0.5) is 17.6 Å². The molecule has 0 aliphatic heterocycles. The molecule has 7 rings (SSSR count). The molecule has 1 N–H and O–H groups in total. The number of Topliss-reactive ketones (excluding diaryl/α,β-unsaturated/α-hetero) is 1. The summed E-state index contributed by atoms with van der Waals surface area (Å²) in [6, 6.07) is 13.3. The lowest BCUT2D eigenvalue weighted by Crippen LogP contribution is -2.10. The van der Waals surface area contributed by atoms with Crippen molar-refractivity contribution in [3.8, 4) is 22.5 Å². The molecule has 0 spiro atoms. The third-order valence-corrected chi connectivity index (χ3v) is 7.62. The van der Waals surface area contributed by atoms with E-state index in [9.17, 15) is 22.4 Å². The largest absolute Gasteiger partial charge is 0.294 e. The minimum Gasteiger partial charge on any atom is -0.294 e. The Kier molecular flexibility index (Phi) is 8.99. The van der Waals surface area contributed by atoms with E-state index in [-0.39, 0.29) is 29.4 Å². The van der Waals surface area contributed by atoms with Gasteiger partial charge in [0.2, 0.25) is 0 Å². The molecule has 5 heterocycles. The van der Waals surface area contributed by atoms with Crippen molar-refractivity contribution in [2.24, 2.45) is 0 Å². The molecule has 0 aliphatic carbocycles. The molecule has 0 saturated heterocycles. The number of carbonyl (C=O) groups excluding carboxylic acids is 1. The summed E-state index contributed by atoms with van der Waals surface area (Å²) in [4.78, 5) is 12.2. The zero-order valence-electron chi connectivity index (χ0n) is 27.1. The van der Waals surface area contributed by atoms with Gasteiger partial charge in [0.1, 0.15) is 29.0 Å². The number of aromatic amines is 1. The smallest absolute Gasteiger partial charge is 0.177 e. The average molecular weight is 671 g/mol. The number of nitrogens with zero attached hydrogens (tertiary/aromatic N) is 9. The summed E-state index contributed by atoms with van der Waals surface area (Å²) in [6.07, 6.45) is -0.0891. The van der Waals surface area contributed by atoms with Crippen molar-refractivity contribution >= 4 is 17.1 Å². The Balaban J connectivity index is 0.000000171. The highest BCUT2D eigenvalue weighted by Crippen LogP contribution is 2.33. The molecular weight excluding hydrogens is 640 g/mol. The predicted octanol–water partition coefficient (Wildman–Crippen LogP) is 6.84. The highest BCUT2D eigenvalue weighted by molar-refractivity contribution is 5.97. The number of rotatable bonds is 7. The van der Waals surface area contributed by atoms with Gasteiger partial charge in [0.25, 0.3) is 0 Å². The van der Waals surface area contributed by atoms with E-state index in [1.54, 1.807) is 33.3 Å². The molecule has 0 amide bonds. The summed E-state index contributed by atoms with van der Waals surface area (Å²) in [5, 5.41) is 32.4. The summed E-state index contributed by atoms with van der Waals surface area (Å²) in [6.45, 7) is 9.77. The van der Waals surface area contributed by atoms with Crippen molar-refractivity contribution < 1.29 is 22.4 Å². The Morgan fingerprint density at radius 3 is 1.94 bits per heavy atom. The first-order valence-corrected chi connectivity index (χ1v) is 15.3. The van der Waals surface area contributed by atoms with Gasteiger partial charge in [-0.3, -0.25) is 9.89 Å². The monoisotopic (exact) mass is 670 g/mol. The number of aryl methyl sites for hydroxylation is 1. The molecule has 7 aromatic rings. The lowest BCUT2D eigenvalue weighted by molar-refractivity contribution is 0.0987. The van der Waals surface area contributed by atoms with Crippen LogP contribution in [0.5, 0.6) is 0 Å². The molecule has 2 aromatic carbocycles. The normalized spacial score (nSPS) is 11.5. The van der Waals surface area contributed by atoms with Crippen LogP contribution >= 0.6 is 0 Å². The fraction of sp³-hybridized carbons (Fsp3) is 0.235. The van der Waals surface area contributed by atoms with E-state index in [1.165, 1.54) is 12.1 Å². The second-order valence-corrected chi connectivity index (χ2v) is 11.9. The van der Waals surface area contributed by atoms with E-state index in [0.29, 0.717) is 45.8 Å². The average Bonchev–Trinajstić information content (AvgIpc) is 3.77. The number of benzene rings is 2. The lowest BCUT2D eigenvalue weighted by Gasteiger charge is -2.07. The van der Waals surface area contributed by atoms with Gasteiger partial charge < -0.3 is 0 Å². The van der Waals surface area contributed by atoms with Gasteiger partial charge in [-0.25, -0.2) is 17.6 Å². The van der Waals surface area contributed by atoms with Crippen LogP contribution in [-0.4, -0.2) is 55.6 Å². The topological polar surface area (TPSA) is 132 Å². The molecule has 5 aromatic heterocycles. The number of fused-ring (bicyclic) bond motifs is 2. The zero-order valence-corrected chi connectivity index (χ0v) is 27.1. The second kappa shape index (κ2) is 13.3. The predicted molar refractivity (Wildman–Crippen MR) is 172 cm³/mol. The number of hydrogen-bond donors (Lipinski definition) is 1. The molecular formula is C34H30F4N10O. The van der Waals surface area contributed by atoms with Crippen molar-refractivity contribution in [1.82, 2.24) is 49.8 Å².